The summed E-state index contributed by atoms with van der Waals surface area (Å²) in [6.45, 7) is 5.35. The molecule has 1 aromatic carbocycles. The van der Waals surface area contributed by atoms with E-state index < -0.39 is 0 Å². The molecule has 1 aliphatic carbocycles. The molecule has 0 heterocycles. The van der Waals surface area contributed by atoms with Gasteiger partial charge in [0.15, 0.2) is 0 Å². The lowest BCUT2D eigenvalue weighted by Crippen LogP contribution is -2.21. The SMILES string of the molecule is CCCNC(C)c1cc(Cl)ccc1OC1CCCC1. The lowest BCUT2D eigenvalue weighted by molar-refractivity contribution is 0.206. The first-order chi connectivity index (χ1) is 9.20. The first kappa shape index (κ1) is 14.7. The van der Waals surface area contributed by atoms with Crippen molar-refractivity contribution in [3.63, 3.8) is 0 Å². The lowest BCUT2D eigenvalue weighted by atomic mass is 10.1. The lowest BCUT2D eigenvalue weighted by Gasteiger charge is -2.21. The average molecular weight is 282 g/mol. The Kier molecular flexibility index (Phi) is 5.53. The largest absolute Gasteiger partial charge is 0.490 e. The Bertz CT molecular complexity index is 402. The van der Waals surface area contributed by atoms with E-state index in [1.165, 1.54) is 31.2 Å². The fourth-order valence-corrected chi connectivity index (χ4v) is 2.80. The van der Waals surface area contributed by atoms with E-state index in [0.717, 1.165) is 23.7 Å². The van der Waals surface area contributed by atoms with Crippen LogP contribution in [0.5, 0.6) is 5.75 Å². The highest BCUT2D eigenvalue weighted by Crippen LogP contribution is 2.32. The predicted molar refractivity (Wildman–Crippen MR) is 81.0 cm³/mol. The van der Waals surface area contributed by atoms with Gasteiger partial charge in [-0.3, -0.25) is 0 Å². The van der Waals surface area contributed by atoms with Gasteiger partial charge >= 0.3 is 0 Å². The molecule has 0 spiro atoms. The molecule has 1 N–H and O–H groups in total. The van der Waals surface area contributed by atoms with Gasteiger partial charge in [0.1, 0.15) is 5.75 Å². The molecular weight excluding hydrogens is 258 g/mol. The van der Waals surface area contributed by atoms with Gasteiger partial charge in [-0.05, 0) is 63.8 Å². The van der Waals surface area contributed by atoms with Gasteiger partial charge < -0.3 is 10.1 Å². The second kappa shape index (κ2) is 7.16. The van der Waals surface area contributed by atoms with E-state index in [2.05, 4.69) is 19.2 Å². The zero-order valence-electron chi connectivity index (χ0n) is 11.9. The van der Waals surface area contributed by atoms with Gasteiger partial charge in [0.25, 0.3) is 0 Å². The van der Waals surface area contributed by atoms with Crippen molar-refractivity contribution in [2.45, 2.75) is 58.1 Å². The average Bonchev–Trinajstić information content (AvgIpc) is 2.91. The van der Waals surface area contributed by atoms with Crippen LogP contribution in [0.1, 0.15) is 57.6 Å². The van der Waals surface area contributed by atoms with Crippen LogP contribution in [0.4, 0.5) is 0 Å². The van der Waals surface area contributed by atoms with Gasteiger partial charge in [0.2, 0.25) is 0 Å². The minimum Gasteiger partial charge on any atom is -0.490 e. The molecule has 106 valence electrons. The second-order valence-electron chi connectivity index (χ2n) is 5.38. The van der Waals surface area contributed by atoms with Crippen LogP contribution >= 0.6 is 11.6 Å². The fraction of sp³-hybridized carbons (Fsp3) is 0.625. The topological polar surface area (TPSA) is 21.3 Å². The molecule has 1 atom stereocenters. The Balaban J connectivity index is 2.11. The first-order valence-corrected chi connectivity index (χ1v) is 7.78. The smallest absolute Gasteiger partial charge is 0.124 e. The van der Waals surface area contributed by atoms with Gasteiger partial charge in [-0.25, -0.2) is 0 Å². The molecule has 1 saturated carbocycles. The van der Waals surface area contributed by atoms with Gasteiger partial charge in [0, 0.05) is 16.6 Å². The van der Waals surface area contributed by atoms with Gasteiger partial charge in [-0.2, -0.15) is 0 Å². The summed E-state index contributed by atoms with van der Waals surface area (Å²) in [4.78, 5) is 0. The molecule has 1 unspecified atom stereocenters. The van der Waals surface area contributed by atoms with Crippen molar-refractivity contribution >= 4 is 11.6 Å². The zero-order chi connectivity index (χ0) is 13.7. The highest BCUT2D eigenvalue weighted by molar-refractivity contribution is 6.30. The summed E-state index contributed by atoms with van der Waals surface area (Å²) in [6.07, 6.45) is 6.45. The van der Waals surface area contributed by atoms with E-state index in [-0.39, 0.29) is 6.04 Å². The number of halogens is 1. The minimum atomic E-state index is 0.273. The number of ether oxygens (including phenoxy) is 1. The first-order valence-electron chi connectivity index (χ1n) is 7.40. The maximum atomic E-state index is 6.16. The molecular formula is C16H24ClNO. The quantitative estimate of drug-likeness (QED) is 0.814. The molecule has 19 heavy (non-hydrogen) atoms. The molecule has 0 amide bonds. The third-order valence-electron chi connectivity index (χ3n) is 3.73. The summed E-state index contributed by atoms with van der Waals surface area (Å²) in [5.74, 6) is 0.993. The van der Waals surface area contributed by atoms with E-state index in [1.807, 2.05) is 18.2 Å². The molecule has 0 aliphatic heterocycles. The summed E-state index contributed by atoms with van der Waals surface area (Å²) in [5.41, 5.74) is 1.17. The third-order valence-corrected chi connectivity index (χ3v) is 3.97. The van der Waals surface area contributed by atoms with Crippen LogP contribution in [0.2, 0.25) is 5.02 Å². The summed E-state index contributed by atoms with van der Waals surface area (Å²) >= 11 is 6.13. The van der Waals surface area contributed by atoms with Crippen molar-refractivity contribution in [1.82, 2.24) is 5.32 Å². The number of benzene rings is 1. The van der Waals surface area contributed by atoms with Crippen LogP contribution in [0, 0.1) is 0 Å². The molecule has 1 aromatic rings. The van der Waals surface area contributed by atoms with Crippen LogP contribution in [0.15, 0.2) is 18.2 Å². The molecule has 1 fully saturated rings. The molecule has 0 saturated heterocycles. The van der Waals surface area contributed by atoms with Crippen molar-refractivity contribution in [3.05, 3.63) is 28.8 Å². The Morgan fingerprint density at radius 2 is 2.11 bits per heavy atom. The molecule has 3 heteroatoms. The zero-order valence-corrected chi connectivity index (χ0v) is 12.7. The Morgan fingerprint density at radius 1 is 1.37 bits per heavy atom. The molecule has 1 aliphatic rings. The Morgan fingerprint density at radius 3 is 2.79 bits per heavy atom. The van der Waals surface area contributed by atoms with Crippen LogP contribution in [-0.4, -0.2) is 12.6 Å². The van der Waals surface area contributed by atoms with Crippen molar-refractivity contribution in [2.24, 2.45) is 0 Å². The summed E-state index contributed by atoms with van der Waals surface area (Å²) < 4.78 is 6.16. The fourth-order valence-electron chi connectivity index (χ4n) is 2.62. The molecule has 0 bridgehead atoms. The van der Waals surface area contributed by atoms with Gasteiger partial charge in [-0.1, -0.05) is 18.5 Å². The summed E-state index contributed by atoms with van der Waals surface area (Å²) in [5, 5.41) is 4.28. The van der Waals surface area contributed by atoms with E-state index in [4.69, 9.17) is 16.3 Å². The van der Waals surface area contributed by atoms with Gasteiger partial charge in [-0.15, -0.1) is 0 Å². The number of nitrogens with one attached hydrogen (secondary N) is 1. The van der Waals surface area contributed by atoms with E-state index in [1.54, 1.807) is 0 Å². The second-order valence-corrected chi connectivity index (χ2v) is 5.82. The van der Waals surface area contributed by atoms with Gasteiger partial charge in [0.05, 0.1) is 6.10 Å². The molecule has 0 radical (unpaired) electrons. The standard InChI is InChI=1S/C16H24ClNO/c1-3-10-18-12(2)15-11-13(17)8-9-16(15)19-14-6-4-5-7-14/h8-9,11-12,14,18H,3-7,10H2,1-2H3. The van der Waals surface area contributed by atoms with E-state index in [9.17, 15) is 0 Å². The van der Waals surface area contributed by atoms with E-state index in [0.29, 0.717) is 6.10 Å². The predicted octanol–water partition coefficient (Wildman–Crippen LogP) is 4.72. The molecule has 2 rings (SSSR count). The van der Waals surface area contributed by atoms with Crippen molar-refractivity contribution in [1.29, 1.82) is 0 Å². The molecule has 0 aromatic heterocycles. The highest BCUT2D eigenvalue weighted by atomic mass is 35.5. The maximum Gasteiger partial charge on any atom is 0.124 e. The number of hydrogen-bond acceptors (Lipinski definition) is 2. The number of hydrogen-bond donors (Lipinski definition) is 1. The minimum absolute atomic E-state index is 0.273. The Hall–Kier alpha value is -0.730. The third kappa shape index (κ3) is 4.12. The van der Waals surface area contributed by atoms with Crippen molar-refractivity contribution < 1.29 is 4.74 Å². The van der Waals surface area contributed by atoms with Crippen LogP contribution in [-0.2, 0) is 0 Å². The van der Waals surface area contributed by atoms with E-state index >= 15 is 0 Å². The van der Waals surface area contributed by atoms with Crippen molar-refractivity contribution in [3.8, 4) is 5.75 Å². The van der Waals surface area contributed by atoms with Crippen LogP contribution < -0.4 is 10.1 Å². The maximum absolute atomic E-state index is 6.16. The normalized spacial score (nSPS) is 17.6. The van der Waals surface area contributed by atoms with Crippen molar-refractivity contribution in [2.75, 3.05) is 6.54 Å². The summed E-state index contributed by atoms with van der Waals surface area (Å²) in [6, 6.07) is 6.23. The monoisotopic (exact) mass is 281 g/mol. The molecule has 2 nitrogen and oxygen atoms in total. The highest BCUT2D eigenvalue weighted by Gasteiger charge is 2.19. The van der Waals surface area contributed by atoms with Crippen LogP contribution in [0.25, 0.3) is 0 Å². The summed E-state index contributed by atoms with van der Waals surface area (Å²) in [7, 11) is 0. The number of rotatable bonds is 6. The van der Waals surface area contributed by atoms with Crippen LogP contribution in [0.3, 0.4) is 0 Å². The Labute approximate surface area is 121 Å².